The number of methoxy groups -OCH3 is 2. The maximum Gasteiger partial charge on any atom is 0.273 e. The number of carbonyl (C=O) groups excluding carboxylic acids is 1. The number of hydrogen-bond acceptors (Lipinski definition) is 6. The van der Waals surface area contributed by atoms with E-state index in [1.165, 1.54) is 25.3 Å². The second-order valence-corrected chi connectivity index (χ2v) is 7.27. The molecule has 0 aromatic heterocycles. The van der Waals surface area contributed by atoms with Crippen LogP contribution in [0.5, 0.6) is 11.5 Å². The number of likely N-dealkylation sites (N-methyl/N-ethyl adjacent to an activating group) is 1. The van der Waals surface area contributed by atoms with Gasteiger partial charge in [-0.25, -0.2) is 0 Å². The number of carbonyl (C=O) groups is 1. The summed E-state index contributed by atoms with van der Waals surface area (Å²) in [6, 6.07) is 15.7. The van der Waals surface area contributed by atoms with Crippen molar-refractivity contribution in [2.45, 2.75) is 19.5 Å². The average molecular weight is 423 g/mol. The largest absolute Gasteiger partial charge is 0.497 e. The molecular formula is C23H25N3O5. The van der Waals surface area contributed by atoms with E-state index in [1.807, 2.05) is 42.3 Å². The van der Waals surface area contributed by atoms with Crippen molar-refractivity contribution in [1.82, 2.24) is 4.90 Å². The SMILES string of the molecule is COc1ccc2cc(CN(C)[C@H](C)C(=O)Nc3ccc([N+](=O)[O-])cc3OC)ccc2c1. The van der Waals surface area contributed by atoms with Crippen molar-refractivity contribution >= 4 is 28.1 Å². The van der Waals surface area contributed by atoms with Gasteiger partial charge in [0.1, 0.15) is 11.5 Å². The van der Waals surface area contributed by atoms with E-state index in [1.54, 1.807) is 14.0 Å². The third kappa shape index (κ3) is 5.10. The van der Waals surface area contributed by atoms with Crippen molar-refractivity contribution in [3.8, 4) is 11.5 Å². The molecule has 1 atom stereocenters. The third-order valence-corrected chi connectivity index (χ3v) is 5.24. The Hall–Kier alpha value is -3.65. The van der Waals surface area contributed by atoms with Gasteiger partial charge < -0.3 is 14.8 Å². The van der Waals surface area contributed by atoms with Gasteiger partial charge in [-0.3, -0.25) is 19.8 Å². The summed E-state index contributed by atoms with van der Waals surface area (Å²) >= 11 is 0. The Morgan fingerprint density at radius 2 is 1.77 bits per heavy atom. The Labute approximate surface area is 180 Å². The number of rotatable bonds is 8. The lowest BCUT2D eigenvalue weighted by atomic mass is 10.1. The molecule has 31 heavy (non-hydrogen) atoms. The van der Waals surface area contributed by atoms with Gasteiger partial charge in [0.2, 0.25) is 5.91 Å². The van der Waals surface area contributed by atoms with Gasteiger partial charge in [-0.2, -0.15) is 0 Å². The predicted molar refractivity (Wildman–Crippen MR) is 120 cm³/mol. The molecule has 162 valence electrons. The number of amides is 1. The molecule has 3 aromatic rings. The van der Waals surface area contributed by atoms with E-state index < -0.39 is 11.0 Å². The molecule has 1 amide bonds. The topological polar surface area (TPSA) is 93.9 Å². The summed E-state index contributed by atoms with van der Waals surface area (Å²) in [6.45, 7) is 2.38. The van der Waals surface area contributed by atoms with Gasteiger partial charge in [0.25, 0.3) is 5.69 Å². The molecular weight excluding hydrogens is 398 g/mol. The smallest absolute Gasteiger partial charge is 0.273 e. The molecule has 0 fully saturated rings. The third-order valence-electron chi connectivity index (χ3n) is 5.24. The lowest BCUT2D eigenvalue weighted by molar-refractivity contribution is -0.384. The van der Waals surface area contributed by atoms with Gasteiger partial charge in [-0.15, -0.1) is 0 Å². The molecule has 0 unspecified atom stereocenters. The number of hydrogen-bond donors (Lipinski definition) is 1. The highest BCUT2D eigenvalue weighted by Gasteiger charge is 2.21. The highest BCUT2D eigenvalue weighted by Crippen LogP contribution is 2.29. The van der Waals surface area contributed by atoms with Gasteiger partial charge in [-0.1, -0.05) is 18.2 Å². The Bertz CT molecular complexity index is 1120. The molecule has 3 rings (SSSR count). The fraction of sp³-hybridized carbons (Fsp3) is 0.261. The van der Waals surface area contributed by atoms with Gasteiger partial charge in [0.15, 0.2) is 0 Å². The first kappa shape index (κ1) is 22.0. The molecule has 3 aromatic carbocycles. The molecule has 8 heteroatoms. The van der Waals surface area contributed by atoms with E-state index in [0.717, 1.165) is 22.1 Å². The van der Waals surface area contributed by atoms with Gasteiger partial charge in [-0.05, 0) is 54.6 Å². The second-order valence-electron chi connectivity index (χ2n) is 7.27. The van der Waals surface area contributed by atoms with Crippen LogP contribution in [0.2, 0.25) is 0 Å². The van der Waals surface area contributed by atoms with E-state index in [-0.39, 0.29) is 17.3 Å². The summed E-state index contributed by atoms with van der Waals surface area (Å²) in [5.74, 6) is 0.812. The van der Waals surface area contributed by atoms with Gasteiger partial charge >= 0.3 is 0 Å². The Kier molecular flexibility index (Phi) is 6.71. The summed E-state index contributed by atoms with van der Waals surface area (Å²) in [4.78, 5) is 25.1. The van der Waals surface area contributed by atoms with Crippen LogP contribution >= 0.6 is 0 Å². The molecule has 0 heterocycles. The predicted octanol–water partition coefficient (Wildman–Crippen LogP) is 4.22. The van der Waals surface area contributed by atoms with Crippen LogP contribution in [0.3, 0.4) is 0 Å². The molecule has 0 bridgehead atoms. The van der Waals surface area contributed by atoms with Crippen molar-refractivity contribution in [1.29, 1.82) is 0 Å². The molecule has 0 aliphatic heterocycles. The maximum atomic E-state index is 12.8. The summed E-state index contributed by atoms with van der Waals surface area (Å²) in [5.41, 5.74) is 1.36. The summed E-state index contributed by atoms with van der Waals surface area (Å²) in [5, 5.41) is 15.9. The fourth-order valence-corrected chi connectivity index (χ4v) is 3.26. The van der Waals surface area contributed by atoms with Crippen molar-refractivity contribution in [3.05, 3.63) is 70.3 Å². The number of non-ortho nitro benzene ring substituents is 1. The number of ether oxygens (including phenoxy) is 2. The van der Waals surface area contributed by atoms with Gasteiger partial charge in [0.05, 0.1) is 36.9 Å². The molecule has 0 aliphatic rings. The first-order valence-corrected chi connectivity index (χ1v) is 9.72. The maximum absolute atomic E-state index is 12.8. The lowest BCUT2D eigenvalue weighted by Gasteiger charge is -2.24. The van der Waals surface area contributed by atoms with Crippen LogP contribution in [0.4, 0.5) is 11.4 Å². The number of benzene rings is 3. The number of nitrogens with zero attached hydrogens (tertiary/aromatic N) is 2. The average Bonchev–Trinajstić information content (AvgIpc) is 2.78. The van der Waals surface area contributed by atoms with Crippen molar-refractivity contribution in [2.24, 2.45) is 0 Å². The number of nitrogens with one attached hydrogen (secondary N) is 1. The summed E-state index contributed by atoms with van der Waals surface area (Å²) < 4.78 is 10.5. The highest BCUT2D eigenvalue weighted by atomic mass is 16.6. The number of nitro groups is 1. The zero-order chi connectivity index (χ0) is 22.5. The van der Waals surface area contributed by atoms with E-state index in [2.05, 4.69) is 11.4 Å². The van der Waals surface area contributed by atoms with Crippen LogP contribution in [0.1, 0.15) is 12.5 Å². The van der Waals surface area contributed by atoms with Crippen LogP contribution in [0.15, 0.2) is 54.6 Å². The van der Waals surface area contributed by atoms with Crippen LogP contribution in [0, 0.1) is 10.1 Å². The second kappa shape index (κ2) is 9.44. The minimum absolute atomic E-state index is 0.103. The lowest BCUT2D eigenvalue weighted by Crippen LogP contribution is -2.39. The van der Waals surface area contributed by atoms with Crippen LogP contribution in [-0.2, 0) is 11.3 Å². The van der Waals surface area contributed by atoms with Crippen molar-refractivity contribution in [2.75, 3.05) is 26.6 Å². The zero-order valence-corrected chi connectivity index (χ0v) is 17.9. The standard InChI is InChI=1S/C23H25N3O5/c1-15(23(27)24-21-10-8-19(26(28)29)13-22(21)31-4)25(2)14-16-5-6-18-12-20(30-3)9-7-17(18)11-16/h5-13,15H,14H2,1-4H3,(H,24,27)/t15-/m1/s1. The van der Waals surface area contributed by atoms with Crippen LogP contribution in [-0.4, -0.2) is 43.0 Å². The minimum Gasteiger partial charge on any atom is -0.497 e. The minimum atomic E-state index is -0.510. The molecule has 0 saturated carbocycles. The molecule has 0 aliphatic carbocycles. The summed E-state index contributed by atoms with van der Waals surface area (Å²) in [7, 11) is 4.91. The first-order chi connectivity index (χ1) is 14.8. The zero-order valence-electron chi connectivity index (χ0n) is 17.9. The first-order valence-electron chi connectivity index (χ1n) is 9.72. The Balaban J connectivity index is 1.69. The van der Waals surface area contributed by atoms with Crippen LogP contribution < -0.4 is 14.8 Å². The monoisotopic (exact) mass is 423 g/mol. The Morgan fingerprint density at radius 1 is 1.06 bits per heavy atom. The summed E-state index contributed by atoms with van der Waals surface area (Å²) in [6.07, 6.45) is 0. The normalized spacial score (nSPS) is 11.9. The molecule has 1 N–H and O–H groups in total. The van der Waals surface area contributed by atoms with E-state index in [9.17, 15) is 14.9 Å². The van der Waals surface area contributed by atoms with E-state index in [4.69, 9.17) is 9.47 Å². The number of anilines is 1. The Morgan fingerprint density at radius 3 is 2.45 bits per heavy atom. The van der Waals surface area contributed by atoms with Crippen molar-refractivity contribution < 1.29 is 19.2 Å². The molecule has 0 spiro atoms. The quantitative estimate of drug-likeness (QED) is 0.431. The fourth-order valence-electron chi connectivity index (χ4n) is 3.26. The number of fused-ring (bicyclic) bond motifs is 1. The van der Waals surface area contributed by atoms with E-state index >= 15 is 0 Å². The highest BCUT2D eigenvalue weighted by molar-refractivity contribution is 5.96. The number of nitro benzene ring substituents is 1. The molecule has 0 radical (unpaired) electrons. The van der Waals surface area contributed by atoms with Crippen LogP contribution in [0.25, 0.3) is 10.8 Å². The van der Waals surface area contributed by atoms with Gasteiger partial charge in [0, 0.05) is 12.6 Å². The van der Waals surface area contributed by atoms with Crippen molar-refractivity contribution in [3.63, 3.8) is 0 Å². The molecule has 8 nitrogen and oxygen atoms in total. The van der Waals surface area contributed by atoms with E-state index in [0.29, 0.717) is 12.2 Å². The molecule has 0 saturated heterocycles.